The van der Waals surface area contributed by atoms with Crippen LogP contribution < -0.4 is 0 Å². The summed E-state index contributed by atoms with van der Waals surface area (Å²) < 4.78 is 0. The molecule has 1 heteroatoms. The zero-order valence-electron chi connectivity index (χ0n) is 10.6. The van der Waals surface area contributed by atoms with Crippen LogP contribution in [0.2, 0.25) is 0 Å². The summed E-state index contributed by atoms with van der Waals surface area (Å²) in [6.45, 7) is 1.69. The molecule has 0 fully saturated rings. The summed E-state index contributed by atoms with van der Waals surface area (Å²) in [4.78, 5) is 11.3. The number of hydrogen-bond donors (Lipinski definition) is 0. The number of rotatable bonds is 2. The second-order valence-electron chi connectivity index (χ2n) is 5.69. The molecule has 0 saturated heterocycles. The molecule has 17 heavy (non-hydrogen) atoms. The number of Topliss-reactive ketones (excluding diaryl/α,β-unsaturated/α-hetero) is 1. The van der Waals surface area contributed by atoms with E-state index in [9.17, 15) is 4.79 Å². The Bertz CT molecular complexity index is 428. The number of carbonyl (C=O) groups is 1. The minimum absolute atomic E-state index is 0.278. The highest BCUT2D eigenvalue weighted by Crippen LogP contribution is 2.41. The van der Waals surface area contributed by atoms with Crippen molar-refractivity contribution in [2.24, 2.45) is 0 Å². The average molecular weight is 228 g/mol. The maximum absolute atomic E-state index is 11.3. The van der Waals surface area contributed by atoms with E-state index in [1.165, 1.54) is 44.1 Å². The van der Waals surface area contributed by atoms with Gasteiger partial charge in [-0.3, -0.25) is 4.79 Å². The summed E-state index contributed by atoms with van der Waals surface area (Å²) >= 11 is 0. The first-order valence-electron chi connectivity index (χ1n) is 6.88. The number of ketones is 1. The lowest BCUT2D eigenvalue weighted by Gasteiger charge is -2.32. The van der Waals surface area contributed by atoms with Crippen molar-refractivity contribution < 1.29 is 4.79 Å². The summed E-state index contributed by atoms with van der Waals surface area (Å²) in [6.07, 6.45) is 8.50. The highest BCUT2D eigenvalue weighted by Gasteiger charge is 2.26. The Labute approximate surface area is 103 Å². The summed E-state index contributed by atoms with van der Waals surface area (Å²) in [6, 6.07) is 4.61. The zero-order chi connectivity index (χ0) is 11.8. The van der Waals surface area contributed by atoms with Crippen LogP contribution >= 0.6 is 0 Å². The first-order valence-corrected chi connectivity index (χ1v) is 6.88. The van der Waals surface area contributed by atoms with E-state index in [4.69, 9.17) is 0 Å². The molecule has 0 unspecified atom stereocenters. The van der Waals surface area contributed by atoms with Gasteiger partial charge in [0.05, 0.1) is 0 Å². The van der Waals surface area contributed by atoms with Crippen LogP contribution in [0.4, 0.5) is 0 Å². The van der Waals surface area contributed by atoms with Crippen molar-refractivity contribution >= 4 is 5.78 Å². The molecule has 1 aromatic carbocycles. The number of aryl methyl sites for hydroxylation is 2. The monoisotopic (exact) mass is 228 g/mol. The Hall–Kier alpha value is -1.11. The molecule has 0 spiro atoms. The molecule has 2 aliphatic carbocycles. The summed E-state index contributed by atoms with van der Waals surface area (Å²) in [5, 5.41) is 0. The van der Waals surface area contributed by atoms with E-state index in [0.717, 1.165) is 5.92 Å². The fourth-order valence-electron chi connectivity index (χ4n) is 3.69. The summed E-state index contributed by atoms with van der Waals surface area (Å²) in [7, 11) is 0. The molecule has 0 heterocycles. The Morgan fingerprint density at radius 2 is 1.76 bits per heavy atom. The molecular weight excluding hydrogens is 208 g/mol. The van der Waals surface area contributed by atoms with Crippen molar-refractivity contribution in [3.8, 4) is 0 Å². The number of benzene rings is 1. The third-order valence-electron chi connectivity index (χ3n) is 4.27. The Balaban J connectivity index is 2.05. The molecule has 1 aromatic rings. The molecule has 3 rings (SSSR count). The minimum atomic E-state index is 0.278. The molecule has 0 N–H and O–H groups in total. The summed E-state index contributed by atoms with van der Waals surface area (Å²) in [5.74, 6) is 1.11. The molecule has 1 nitrogen and oxygen atoms in total. The Morgan fingerprint density at radius 3 is 2.29 bits per heavy atom. The first kappa shape index (κ1) is 11.0. The second-order valence-corrected chi connectivity index (χ2v) is 5.69. The molecule has 0 radical (unpaired) electrons. The molecular formula is C16H20O. The lowest BCUT2D eigenvalue weighted by molar-refractivity contribution is -0.116. The second kappa shape index (κ2) is 4.29. The van der Waals surface area contributed by atoms with E-state index in [2.05, 4.69) is 12.1 Å². The Morgan fingerprint density at radius 1 is 1.18 bits per heavy atom. The smallest absolute Gasteiger partial charge is 0.134 e. The van der Waals surface area contributed by atoms with E-state index >= 15 is 0 Å². The van der Waals surface area contributed by atoms with Crippen LogP contribution in [0.25, 0.3) is 0 Å². The van der Waals surface area contributed by atoms with Crippen LogP contribution in [0.5, 0.6) is 0 Å². The van der Waals surface area contributed by atoms with E-state index in [0.29, 0.717) is 6.42 Å². The SMILES string of the molecule is CC(=O)Cc1cc2c3c(c1)CCCC3CCC2. The molecule has 90 valence electrons. The van der Waals surface area contributed by atoms with Crippen LogP contribution in [-0.4, -0.2) is 5.78 Å². The van der Waals surface area contributed by atoms with Crippen molar-refractivity contribution in [2.75, 3.05) is 0 Å². The van der Waals surface area contributed by atoms with Crippen molar-refractivity contribution in [3.63, 3.8) is 0 Å². The summed E-state index contributed by atoms with van der Waals surface area (Å²) in [5.41, 5.74) is 6.01. The quantitative estimate of drug-likeness (QED) is 0.756. The molecule has 0 aliphatic heterocycles. The fourth-order valence-corrected chi connectivity index (χ4v) is 3.69. The largest absolute Gasteiger partial charge is 0.300 e. The highest BCUT2D eigenvalue weighted by atomic mass is 16.1. The molecule has 0 aromatic heterocycles. The van der Waals surface area contributed by atoms with Gasteiger partial charge in [-0.25, -0.2) is 0 Å². The van der Waals surface area contributed by atoms with E-state index in [1.807, 2.05) is 0 Å². The average Bonchev–Trinajstić information content (AvgIpc) is 2.28. The molecule has 2 aliphatic rings. The third-order valence-corrected chi connectivity index (χ3v) is 4.27. The molecule has 0 bridgehead atoms. The van der Waals surface area contributed by atoms with Crippen molar-refractivity contribution in [3.05, 3.63) is 34.4 Å². The van der Waals surface area contributed by atoms with Crippen molar-refractivity contribution in [1.29, 1.82) is 0 Å². The minimum Gasteiger partial charge on any atom is -0.300 e. The van der Waals surface area contributed by atoms with Crippen LogP contribution in [-0.2, 0) is 24.1 Å². The fraction of sp³-hybridized carbons (Fsp3) is 0.562. The predicted octanol–water partition coefficient (Wildman–Crippen LogP) is 3.57. The van der Waals surface area contributed by atoms with Crippen LogP contribution in [0.3, 0.4) is 0 Å². The molecule has 0 atom stereocenters. The maximum atomic E-state index is 11.3. The van der Waals surface area contributed by atoms with Crippen LogP contribution in [0.1, 0.15) is 60.8 Å². The van der Waals surface area contributed by atoms with E-state index in [-0.39, 0.29) is 5.78 Å². The van der Waals surface area contributed by atoms with Gasteiger partial charge in [-0.15, -0.1) is 0 Å². The van der Waals surface area contributed by atoms with Gasteiger partial charge in [0, 0.05) is 6.42 Å². The van der Waals surface area contributed by atoms with Gasteiger partial charge < -0.3 is 0 Å². The lowest BCUT2D eigenvalue weighted by atomic mass is 9.73. The van der Waals surface area contributed by atoms with Gasteiger partial charge in [-0.05, 0) is 73.6 Å². The van der Waals surface area contributed by atoms with E-state index < -0.39 is 0 Å². The third kappa shape index (κ3) is 2.03. The van der Waals surface area contributed by atoms with E-state index in [1.54, 1.807) is 23.6 Å². The molecule has 0 saturated carbocycles. The van der Waals surface area contributed by atoms with Gasteiger partial charge in [0.1, 0.15) is 5.78 Å². The van der Waals surface area contributed by atoms with Gasteiger partial charge in [0.2, 0.25) is 0 Å². The predicted molar refractivity (Wildman–Crippen MR) is 69.4 cm³/mol. The standard InChI is InChI=1S/C16H20O/c1-11(17)8-12-9-14-6-2-4-13-5-3-7-15(10-12)16(13)14/h9-10,13H,2-8H2,1H3. The van der Waals surface area contributed by atoms with Crippen LogP contribution in [0, 0.1) is 0 Å². The highest BCUT2D eigenvalue weighted by molar-refractivity contribution is 5.78. The van der Waals surface area contributed by atoms with Gasteiger partial charge in [0.15, 0.2) is 0 Å². The van der Waals surface area contributed by atoms with Crippen LogP contribution in [0.15, 0.2) is 12.1 Å². The van der Waals surface area contributed by atoms with Crippen molar-refractivity contribution in [2.45, 2.75) is 57.8 Å². The topological polar surface area (TPSA) is 17.1 Å². The van der Waals surface area contributed by atoms with Gasteiger partial charge >= 0.3 is 0 Å². The number of hydrogen-bond acceptors (Lipinski definition) is 1. The Kier molecular flexibility index (Phi) is 2.78. The van der Waals surface area contributed by atoms with Gasteiger partial charge in [0.25, 0.3) is 0 Å². The van der Waals surface area contributed by atoms with Gasteiger partial charge in [-0.1, -0.05) is 12.1 Å². The zero-order valence-corrected chi connectivity index (χ0v) is 10.6. The lowest BCUT2D eigenvalue weighted by Crippen LogP contribution is -2.18. The number of carbonyl (C=O) groups excluding carboxylic acids is 1. The van der Waals surface area contributed by atoms with Gasteiger partial charge in [-0.2, -0.15) is 0 Å². The molecule has 0 amide bonds. The normalized spacial score (nSPS) is 18.9. The maximum Gasteiger partial charge on any atom is 0.134 e. The van der Waals surface area contributed by atoms with Crippen molar-refractivity contribution in [1.82, 2.24) is 0 Å². The first-order chi connectivity index (χ1) is 8.24.